The first-order valence-electron chi connectivity index (χ1n) is 28.2. The van der Waals surface area contributed by atoms with Crippen molar-refractivity contribution in [3.05, 3.63) is 0 Å². The molecule has 63 heavy (non-hydrogen) atoms. The van der Waals surface area contributed by atoms with E-state index in [4.69, 9.17) is 14.2 Å². The minimum atomic E-state index is -0.762. The molecule has 0 spiro atoms. The molecule has 0 aliphatic heterocycles. The first-order valence-corrected chi connectivity index (χ1v) is 28.2. The SMILES string of the molecule is CCCCCCCCCCCCCCCC(=O)OC[C@H](COC(=O)CCCCCCCCCCCCCCCCC(C)C)OC(=O)CCCCCCCCCCCCCCC(C)C. The van der Waals surface area contributed by atoms with Gasteiger partial charge in [0.25, 0.3) is 0 Å². The molecule has 0 aromatic carbocycles. The summed E-state index contributed by atoms with van der Waals surface area (Å²) in [5.41, 5.74) is 0. The van der Waals surface area contributed by atoms with E-state index in [2.05, 4.69) is 34.6 Å². The molecule has 0 saturated carbocycles. The van der Waals surface area contributed by atoms with Crippen molar-refractivity contribution in [2.45, 2.75) is 323 Å². The van der Waals surface area contributed by atoms with Crippen LogP contribution in [0.3, 0.4) is 0 Å². The van der Waals surface area contributed by atoms with Gasteiger partial charge < -0.3 is 14.2 Å². The average molecular weight is 892 g/mol. The van der Waals surface area contributed by atoms with E-state index in [-0.39, 0.29) is 31.1 Å². The van der Waals surface area contributed by atoms with Gasteiger partial charge in [0.2, 0.25) is 0 Å². The van der Waals surface area contributed by atoms with Gasteiger partial charge >= 0.3 is 17.9 Å². The highest BCUT2D eigenvalue weighted by Crippen LogP contribution is 2.18. The van der Waals surface area contributed by atoms with Gasteiger partial charge in [-0.2, -0.15) is 0 Å². The molecule has 0 saturated heterocycles. The number of unbranched alkanes of at least 4 members (excludes halogenated alkanes) is 36. The summed E-state index contributed by atoms with van der Waals surface area (Å²) in [6.45, 7) is 11.4. The number of ether oxygens (including phenoxy) is 3. The van der Waals surface area contributed by atoms with Gasteiger partial charge in [0.1, 0.15) is 13.2 Å². The highest BCUT2D eigenvalue weighted by atomic mass is 16.6. The van der Waals surface area contributed by atoms with E-state index in [0.29, 0.717) is 19.3 Å². The second kappa shape index (κ2) is 49.8. The summed E-state index contributed by atoms with van der Waals surface area (Å²) in [4.78, 5) is 38.1. The molecule has 0 bridgehead atoms. The lowest BCUT2D eigenvalue weighted by molar-refractivity contribution is -0.167. The smallest absolute Gasteiger partial charge is 0.306 e. The summed E-state index contributed by atoms with van der Waals surface area (Å²) >= 11 is 0. The Labute approximate surface area is 393 Å². The lowest BCUT2D eigenvalue weighted by atomic mass is 10.0. The maximum absolute atomic E-state index is 12.8. The van der Waals surface area contributed by atoms with Crippen molar-refractivity contribution in [1.29, 1.82) is 0 Å². The van der Waals surface area contributed by atoms with Crippen LogP contribution in [0.15, 0.2) is 0 Å². The highest BCUT2D eigenvalue weighted by Gasteiger charge is 2.19. The molecule has 6 nitrogen and oxygen atoms in total. The largest absolute Gasteiger partial charge is 0.462 e. The van der Waals surface area contributed by atoms with Crippen molar-refractivity contribution in [3.8, 4) is 0 Å². The predicted octanol–water partition coefficient (Wildman–Crippen LogP) is 18.5. The van der Waals surface area contributed by atoms with Crippen LogP contribution in [0, 0.1) is 11.8 Å². The topological polar surface area (TPSA) is 78.9 Å². The fourth-order valence-electron chi connectivity index (χ4n) is 8.70. The molecular formula is C57H110O6. The third-order valence-electron chi connectivity index (χ3n) is 13.0. The fourth-order valence-corrected chi connectivity index (χ4v) is 8.70. The van der Waals surface area contributed by atoms with Crippen LogP contribution in [0.1, 0.15) is 317 Å². The number of rotatable bonds is 51. The quantitative estimate of drug-likeness (QED) is 0.0344. The van der Waals surface area contributed by atoms with E-state index in [0.717, 1.165) is 69.6 Å². The molecule has 0 radical (unpaired) electrons. The minimum absolute atomic E-state index is 0.0628. The Morgan fingerprint density at radius 1 is 0.302 bits per heavy atom. The van der Waals surface area contributed by atoms with Gasteiger partial charge in [-0.05, 0) is 31.1 Å². The van der Waals surface area contributed by atoms with E-state index in [1.54, 1.807) is 0 Å². The fraction of sp³-hybridized carbons (Fsp3) is 0.947. The van der Waals surface area contributed by atoms with E-state index < -0.39 is 6.10 Å². The molecule has 0 heterocycles. The summed E-state index contributed by atoms with van der Waals surface area (Å²) in [6.07, 6.45) is 52.3. The predicted molar refractivity (Wildman–Crippen MR) is 270 cm³/mol. The Balaban J connectivity index is 4.30. The third kappa shape index (κ3) is 51.3. The molecular weight excluding hydrogens is 781 g/mol. The number of hydrogen-bond acceptors (Lipinski definition) is 6. The molecule has 6 heteroatoms. The van der Waals surface area contributed by atoms with Crippen molar-refractivity contribution in [3.63, 3.8) is 0 Å². The van der Waals surface area contributed by atoms with Crippen LogP contribution in [0.2, 0.25) is 0 Å². The Morgan fingerprint density at radius 2 is 0.524 bits per heavy atom. The first-order chi connectivity index (χ1) is 30.7. The van der Waals surface area contributed by atoms with Gasteiger partial charge in [0, 0.05) is 19.3 Å². The molecule has 0 rings (SSSR count). The molecule has 0 aromatic rings. The van der Waals surface area contributed by atoms with Crippen molar-refractivity contribution in [2.24, 2.45) is 11.8 Å². The van der Waals surface area contributed by atoms with E-state index in [1.165, 1.54) is 205 Å². The number of hydrogen-bond donors (Lipinski definition) is 0. The van der Waals surface area contributed by atoms with Crippen LogP contribution in [-0.2, 0) is 28.6 Å². The molecule has 0 N–H and O–H groups in total. The zero-order valence-corrected chi connectivity index (χ0v) is 43.2. The second-order valence-electron chi connectivity index (χ2n) is 20.5. The van der Waals surface area contributed by atoms with Crippen molar-refractivity contribution in [1.82, 2.24) is 0 Å². The van der Waals surface area contributed by atoms with Gasteiger partial charge in [0.15, 0.2) is 6.10 Å². The first kappa shape index (κ1) is 61.4. The maximum Gasteiger partial charge on any atom is 0.306 e. The van der Waals surface area contributed by atoms with Crippen molar-refractivity contribution in [2.75, 3.05) is 13.2 Å². The maximum atomic E-state index is 12.8. The molecule has 1 atom stereocenters. The summed E-state index contributed by atoms with van der Waals surface area (Å²) in [5, 5.41) is 0. The van der Waals surface area contributed by atoms with Gasteiger partial charge in [-0.15, -0.1) is 0 Å². The van der Waals surface area contributed by atoms with Gasteiger partial charge in [-0.25, -0.2) is 0 Å². The lowest BCUT2D eigenvalue weighted by Gasteiger charge is -2.18. The van der Waals surface area contributed by atoms with Crippen LogP contribution in [-0.4, -0.2) is 37.2 Å². The van der Waals surface area contributed by atoms with Crippen LogP contribution in [0.4, 0.5) is 0 Å². The van der Waals surface area contributed by atoms with Gasteiger partial charge in [-0.3, -0.25) is 14.4 Å². The average Bonchev–Trinajstić information content (AvgIpc) is 3.25. The molecule has 0 aliphatic carbocycles. The van der Waals surface area contributed by atoms with E-state index in [9.17, 15) is 14.4 Å². The number of carbonyl (C=O) groups is 3. The summed E-state index contributed by atoms with van der Waals surface area (Å²) in [5.74, 6) is 0.836. The Hall–Kier alpha value is -1.59. The van der Waals surface area contributed by atoms with Crippen LogP contribution in [0.5, 0.6) is 0 Å². The zero-order chi connectivity index (χ0) is 46.1. The van der Waals surface area contributed by atoms with E-state index >= 15 is 0 Å². The summed E-state index contributed by atoms with van der Waals surface area (Å²) < 4.78 is 16.9. The number of carbonyl (C=O) groups excluding carboxylic acids is 3. The van der Waals surface area contributed by atoms with Crippen LogP contribution < -0.4 is 0 Å². The molecule has 0 aliphatic rings. The standard InChI is InChI=1S/C57H110O6/c1-6-7-8-9-10-11-12-15-22-27-32-37-42-47-55(58)61-50-54(63-57(60)49-44-39-34-29-24-19-18-21-26-31-36-41-46-53(4)5)51-62-56(59)48-43-38-33-28-23-17-14-13-16-20-25-30-35-40-45-52(2)3/h52-54H,6-51H2,1-5H3/t54-/m1/s1. The lowest BCUT2D eigenvalue weighted by Crippen LogP contribution is -2.30. The van der Waals surface area contributed by atoms with Gasteiger partial charge in [0.05, 0.1) is 0 Å². The molecule has 0 aromatic heterocycles. The van der Waals surface area contributed by atoms with Crippen molar-refractivity contribution >= 4 is 17.9 Å². The monoisotopic (exact) mass is 891 g/mol. The molecule has 0 fully saturated rings. The second-order valence-corrected chi connectivity index (χ2v) is 20.5. The molecule has 0 amide bonds. The highest BCUT2D eigenvalue weighted by molar-refractivity contribution is 5.71. The molecule has 374 valence electrons. The Kier molecular flexibility index (Phi) is 48.6. The summed E-state index contributed by atoms with van der Waals surface area (Å²) in [6, 6.07) is 0. The Morgan fingerprint density at radius 3 is 0.778 bits per heavy atom. The van der Waals surface area contributed by atoms with E-state index in [1.807, 2.05) is 0 Å². The Bertz CT molecular complexity index is 962. The van der Waals surface area contributed by atoms with Crippen LogP contribution in [0.25, 0.3) is 0 Å². The minimum Gasteiger partial charge on any atom is -0.462 e. The third-order valence-corrected chi connectivity index (χ3v) is 13.0. The van der Waals surface area contributed by atoms with Gasteiger partial charge in [-0.1, -0.05) is 279 Å². The van der Waals surface area contributed by atoms with Crippen LogP contribution >= 0.6 is 0 Å². The summed E-state index contributed by atoms with van der Waals surface area (Å²) in [7, 11) is 0. The molecule has 0 unspecified atom stereocenters. The normalized spacial score (nSPS) is 12.0. The number of esters is 3. The zero-order valence-electron chi connectivity index (χ0n) is 43.2. The van der Waals surface area contributed by atoms with Crippen molar-refractivity contribution < 1.29 is 28.6 Å².